The summed E-state index contributed by atoms with van der Waals surface area (Å²) in [6, 6.07) is 16.0. The number of methoxy groups -OCH3 is 1. The van der Waals surface area contributed by atoms with Crippen molar-refractivity contribution in [1.82, 2.24) is 10.6 Å². The number of nitrogens with one attached hydrogen (secondary N) is 2. The number of hydrogen-bond acceptors (Lipinski definition) is 4. The number of benzene rings is 2. The fraction of sp³-hybridized carbons (Fsp3) is 0.263. The van der Waals surface area contributed by atoms with Crippen molar-refractivity contribution in [1.29, 1.82) is 0 Å². The molecular weight excluding hydrogens is 320 g/mol. The molecule has 0 saturated carbocycles. The van der Waals surface area contributed by atoms with Crippen molar-refractivity contribution >= 4 is 11.8 Å². The zero-order valence-corrected chi connectivity index (χ0v) is 14.3. The van der Waals surface area contributed by atoms with Crippen LogP contribution in [0.15, 0.2) is 54.6 Å². The van der Waals surface area contributed by atoms with Crippen LogP contribution in [0.1, 0.15) is 17.3 Å². The average Bonchev–Trinajstić information content (AvgIpc) is 2.61. The molecule has 1 atom stereocenters. The molecule has 0 aromatic heterocycles. The number of carbonyl (C=O) groups excluding carboxylic acids is 2. The molecule has 0 unspecified atom stereocenters. The van der Waals surface area contributed by atoms with Gasteiger partial charge in [0, 0.05) is 18.7 Å². The summed E-state index contributed by atoms with van der Waals surface area (Å²) < 4.78 is 10.6. The Kier molecular flexibility index (Phi) is 6.98. The van der Waals surface area contributed by atoms with Crippen LogP contribution in [0.2, 0.25) is 0 Å². The second kappa shape index (κ2) is 9.44. The number of hydrogen-bond donors (Lipinski definition) is 2. The Hall–Kier alpha value is -2.86. The summed E-state index contributed by atoms with van der Waals surface area (Å²) in [4.78, 5) is 23.8. The van der Waals surface area contributed by atoms with Gasteiger partial charge in [-0.3, -0.25) is 9.59 Å². The summed E-state index contributed by atoms with van der Waals surface area (Å²) in [5, 5.41) is 5.31. The first-order valence-electron chi connectivity index (χ1n) is 7.98. The van der Waals surface area contributed by atoms with E-state index in [1.54, 1.807) is 31.4 Å². The fourth-order valence-corrected chi connectivity index (χ4v) is 2.18. The zero-order chi connectivity index (χ0) is 18.1. The Balaban J connectivity index is 1.83. The number of amides is 2. The van der Waals surface area contributed by atoms with Crippen LogP contribution in [0.4, 0.5) is 0 Å². The highest BCUT2D eigenvalue weighted by Crippen LogP contribution is 2.20. The first-order chi connectivity index (χ1) is 12.1. The van der Waals surface area contributed by atoms with E-state index in [1.807, 2.05) is 37.3 Å². The van der Waals surface area contributed by atoms with E-state index in [2.05, 4.69) is 10.6 Å². The Bertz CT molecular complexity index is 686. The molecule has 0 aliphatic heterocycles. The van der Waals surface area contributed by atoms with Gasteiger partial charge in [-0.25, -0.2) is 0 Å². The van der Waals surface area contributed by atoms with Gasteiger partial charge in [-0.05, 0) is 43.3 Å². The van der Waals surface area contributed by atoms with Gasteiger partial charge in [-0.1, -0.05) is 18.2 Å². The van der Waals surface area contributed by atoms with Gasteiger partial charge < -0.3 is 20.1 Å². The van der Waals surface area contributed by atoms with Crippen molar-refractivity contribution in [3.05, 3.63) is 60.2 Å². The van der Waals surface area contributed by atoms with Crippen LogP contribution >= 0.6 is 0 Å². The maximum absolute atomic E-state index is 12.1. The lowest BCUT2D eigenvalue weighted by molar-refractivity contribution is -0.121. The van der Waals surface area contributed by atoms with E-state index >= 15 is 0 Å². The molecule has 2 rings (SSSR count). The van der Waals surface area contributed by atoms with E-state index in [-0.39, 0.29) is 24.4 Å². The number of rotatable bonds is 8. The second-order valence-corrected chi connectivity index (χ2v) is 5.55. The molecule has 0 fully saturated rings. The fourth-order valence-electron chi connectivity index (χ4n) is 2.18. The Labute approximate surface area is 147 Å². The molecule has 2 N–H and O–H groups in total. The summed E-state index contributed by atoms with van der Waals surface area (Å²) >= 11 is 0. The van der Waals surface area contributed by atoms with Gasteiger partial charge in [-0.2, -0.15) is 0 Å². The maximum atomic E-state index is 12.1. The number of ether oxygens (including phenoxy) is 2. The quantitative estimate of drug-likeness (QED) is 0.772. The van der Waals surface area contributed by atoms with Crippen LogP contribution in [-0.2, 0) is 9.53 Å². The Morgan fingerprint density at radius 1 is 1.00 bits per heavy atom. The maximum Gasteiger partial charge on any atom is 0.251 e. The molecule has 0 spiro atoms. The molecule has 0 radical (unpaired) electrons. The van der Waals surface area contributed by atoms with Crippen molar-refractivity contribution in [2.24, 2.45) is 0 Å². The van der Waals surface area contributed by atoms with Crippen molar-refractivity contribution in [2.75, 3.05) is 20.3 Å². The minimum atomic E-state index is -0.319. The smallest absolute Gasteiger partial charge is 0.251 e. The van der Waals surface area contributed by atoms with E-state index in [0.717, 1.165) is 5.75 Å². The lowest BCUT2D eigenvalue weighted by atomic mass is 10.2. The highest BCUT2D eigenvalue weighted by atomic mass is 16.5. The van der Waals surface area contributed by atoms with Gasteiger partial charge in [0.05, 0.1) is 13.2 Å². The zero-order valence-electron chi connectivity index (χ0n) is 14.3. The number of carbonyl (C=O) groups is 2. The summed E-state index contributed by atoms with van der Waals surface area (Å²) in [7, 11) is 1.57. The van der Waals surface area contributed by atoms with Gasteiger partial charge in [0.2, 0.25) is 5.91 Å². The third-order valence-corrected chi connectivity index (χ3v) is 3.33. The predicted molar refractivity (Wildman–Crippen MR) is 94.8 cm³/mol. The first-order valence-corrected chi connectivity index (χ1v) is 7.98. The standard InChI is InChI=1S/C19H22N2O4/c1-14(13-24-2)21-18(22)12-20-19(23)15-8-10-17(11-9-15)25-16-6-4-3-5-7-16/h3-11,14H,12-13H2,1-2H3,(H,20,23)(H,21,22)/t14-/m1/s1. The normalized spacial score (nSPS) is 11.4. The molecule has 6 nitrogen and oxygen atoms in total. The third kappa shape index (κ3) is 6.27. The summed E-state index contributed by atoms with van der Waals surface area (Å²) in [6.07, 6.45) is 0. The van der Waals surface area contributed by atoms with Crippen LogP contribution in [0.5, 0.6) is 11.5 Å². The predicted octanol–water partition coefficient (Wildman–Crippen LogP) is 2.36. The van der Waals surface area contributed by atoms with Crippen molar-refractivity contribution in [3.63, 3.8) is 0 Å². The van der Waals surface area contributed by atoms with Gasteiger partial charge in [-0.15, -0.1) is 0 Å². The van der Waals surface area contributed by atoms with Crippen LogP contribution in [0, 0.1) is 0 Å². The van der Waals surface area contributed by atoms with Gasteiger partial charge in [0.25, 0.3) is 5.91 Å². The largest absolute Gasteiger partial charge is 0.457 e. The molecule has 0 heterocycles. The SMILES string of the molecule is COC[C@@H](C)NC(=O)CNC(=O)c1ccc(Oc2ccccc2)cc1. The molecule has 0 saturated heterocycles. The molecule has 0 aliphatic carbocycles. The highest BCUT2D eigenvalue weighted by molar-refractivity contribution is 5.96. The Morgan fingerprint density at radius 2 is 1.64 bits per heavy atom. The van der Waals surface area contributed by atoms with E-state index in [4.69, 9.17) is 9.47 Å². The summed E-state index contributed by atoms with van der Waals surface area (Å²) in [6.45, 7) is 2.16. The van der Waals surface area contributed by atoms with E-state index in [0.29, 0.717) is 17.9 Å². The lowest BCUT2D eigenvalue weighted by Gasteiger charge is -2.13. The van der Waals surface area contributed by atoms with Gasteiger partial charge in [0.1, 0.15) is 11.5 Å². The molecule has 25 heavy (non-hydrogen) atoms. The topological polar surface area (TPSA) is 76.7 Å². The first kappa shape index (κ1) is 18.5. The molecule has 6 heteroatoms. The van der Waals surface area contributed by atoms with E-state index < -0.39 is 0 Å². The number of para-hydroxylation sites is 1. The van der Waals surface area contributed by atoms with Crippen LogP contribution in [-0.4, -0.2) is 38.1 Å². The molecule has 2 aromatic rings. The second-order valence-electron chi connectivity index (χ2n) is 5.55. The van der Waals surface area contributed by atoms with Crippen molar-refractivity contribution in [2.45, 2.75) is 13.0 Å². The van der Waals surface area contributed by atoms with Crippen LogP contribution in [0.3, 0.4) is 0 Å². The van der Waals surface area contributed by atoms with Crippen LogP contribution in [0.25, 0.3) is 0 Å². The van der Waals surface area contributed by atoms with Crippen LogP contribution < -0.4 is 15.4 Å². The summed E-state index contributed by atoms with van der Waals surface area (Å²) in [5.41, 5.74) is 0.457. The minimum absolute atomic E-state index is 0.0881. The van der Waals surface area contributed by atoms with E-state index in [9.17, 15) is 9.59 Å². The van der Waals surface area contributed by atoms with Gasteiger partial charge in [0.15, 0.2) is 0 Å². The lowest BCUT2D eigenvalue weighted by Crippen LogP contribution is -2.42. The van der Waals surface area contributed by atoms with Crippen molar-refractivity contribution in [3.8, 4) is 11.5 Å². The highest BCUT2D eigenvalue weighted by Gasteiger charge is 2.10. The summed E-state index contributed by atoms with van der Waals surface area (Å²) in [5.74, 6) is 0.776. The average molecular weight is 342 g/mol. The molecular formula is C19H22N2O4. The monoisotopic (exact) mass is 342 g/mol. The molecule has 132 valence electrons. The molecule has 0 bridgehead atoms. The van der Waals surface area contributed by atoms with Crippen molar-refractivity contribution < 1.29 is 19.1 Å². The molecule has 2 amide bonds. The minimum Gasteiger partial charge on any atom is -0.457 e. The molecule has 2 aromatic carbocycles. The van der Waals surface area contributed by atoms with Gasteiger partial charge >= 0.3 is 0 Å². The Morgan fingerprint density at radius 3 is 2.28 bits per heavy atom. The molecule has 0 aliphatic rings. The third-order valence-electron chi connectivity index (χ3n) is 3.33. The van der Waals surface area contributed by atoms with E-state index in [1.165, 1.54) is 0 Å².